The summed E-state index contributed by atoms with van der Waals surface area (Å²) in [4.78, 5) is 9.16. The van der Waals surface area contributed by atoms with Crippen molar-refractivity contribution >= 4 is 15.7 Å². The number of nitrogens with one attached hydrogen (secondary N) is 1. The topological polar surface area (TPSA) is 133 Å². The van der Waals surface area contributed by atoms with Gasteiger partial charge in [0.05, 0.1) is 28.6 Å². The third kappa shape index (κ3) is 4.68. The first-order chi connectivity index (χ1) is 17.0. The van der Waals surface area contributed by atoms with Crippen LogP contribution in [0, 0.1) is 0 Å². The van der Waals surface area contributed by atoms with Crippen LogP contribution in [-0.4, -0.2) is 49.1 Å². The van der Waals surface area contributed by atoms with E-state index in [0.29, 0.717) is 41.4 Å². The van der Waals surface area contributed by atoms with E-state index in [0.717, 1.165) is 17.7 Å². The molecule has 0 aliphatic carbocycles. The lowest BCUT2D eigenvalue weighted by atomic mass is 10.1. The van der Waals surface area contributed by atoms with Crippen LogP contribution in [0.1, 0.15) is 12.0 Å². The van der Waals surface area contributed by atoms with Gasteiger partial charge in [0.1, 0.15) is 5.69 Å². The molecule has 3 N–H and O–H groups in total. The molecule has 1 aliphatic heterocycles. The van der Waals surface area contributed by atoms with Crippen molar-refractivity contribution in [2.24, 2.45) is 0 Å². The molecule has 5 rings (SSSR count). The zero-order valence-corrected chi connectivity index (χ0v) is 20.0. The summed E-state index contributed by atoms with van der Waals surface area (Å²) >= 11 is 0. The molecule has 35 heavy (non-hydrogen) atoms. The van der Waals surface area contributed by atoms with Gasteiger partial charge in [-0.2, -0.15) is 0 Å². The zero-order valence-electron chi connectivity index (χ0n) is 19.1. The number of hydrogen-bond acceptors (Lipinski definition) is 9. The van der Waals surface area contributed by atoms with Crippen molar-refractivity contribution in [3.05, 3.63) is 66.4 Å². The minimum atomic E-state index is -3.43. The molecule has 0 saturated carbocycles. The van der Waals surface area contributed by atoms with Crippen molar-refractivity contribution in [2.75, 3.05) is 26.0 Å². The smallest absolute Gasteiger partial charge is 0.189 e. The molecule has 0 spiro atoms. The molecule has 2 aromatic carbocycles. The van der Waals surface area contributed by atoms with Crippen LogP contribution in [0.4, 0.5) is 5.82 Å². The van der Waals surface area contributed by atoms with Crippen molar-refractivity contribution in [3.8, 4) is 34.0 Å². The van der Waals surface area contributed by atoms with E-state index in [4.69, 9.17) is 15.0 Å². The third-order valence-electron chi connectivity index (χ3n) is 5.98. The summed E-state index contributed by atoms with van der Waals surface area (Å²) in [7, 11) is -1.53. The van der Waals surface area contributed by atoms with Gasteiger partial charge >= 0.3 is 0 Å². The third-order valence-corrected chi connectivity index (χ3v) is 8.16. The van der Waals surface area contributed by atoms with E-state index in [2.05, 4.69) is 20.4 Å². The van der Waals surface area contributed by atoms with E-state index in [1.54, 1.807) is 36.5 Å². The largest absolute Gasteiger partial charge is 0.382 e. The van der Waals surface area contributed by atoms with E-state index in [9.17, 15) is 8.42 Å². The van der Waals surface area contributed by atoms with Crippen molar-refractivity contribution in [1.29, 1.82) is 0 Å². The molecule has 1 aliphatic rings. The van der Waals surface area contributed by atoms with Crippen LogP contribution in [0.3, 0.4) is 0 Å². The molecule has 9 nitrogen and oxygen atoms in total. The summed E-state index contributed by atoms with van der Waals surface area (Å²) in [6, 6.07) is 16.4. The average Bonchev–Trinajstić information content (AvgIpc) is 3.59. The number of nitrogen functional groups attached to an aromatic ring is 1. The summed E-state index contributed by atoms with van der Waals surface area (Å²) in [6.45, 7) is 1.48. The predicted octanol–water partition coefficient (Wildman–Crippen LogP) is 3.33. The Morgan fingerprint density at radius 2 is 1.77 bits per heavy atom. The molecule has 3 heterocycles. The molecule has 0 bridgehead atoms. The molecule has 4 aromatic rings. The van der Waals surface area contributed by atoms with Crippen LogP contribution in [0.5, 0.6) is 0 Å². The Hall–Kier alpha value is -3.60. The fourth-order valence-electron chi connectivity index (χ4n) is 4.00. The minimum Gasteiger partial charge on any atom is -0.382 e. The van der Waals surface area contributed by atoms with Crippen molar-refractivity contribution in [1.82, 2.24) is 20.4 Å². The van der Waals surface area contributed by atoms with Crippen LogP contribution < -0.4 is 11.1 Å². The number of ether oxygens (including phenoxy) is 1. The highest BCUT2D eigenvalue weighted by Gasteiger charge is 2.31. The molecular formula is C25H25N5O4S. The van der Waals surface area contributed by atoms with Gasteiger partial charge in [0.15, 0.2) is 27.1 Å². The van der Waals surface area contributed by atoms with Crippen LogP contribution in [0.2, 0.25) is 0 Å². The van der Waals surface area contributed by atoms with Crippen LogP contribution in [0.25, 0.3) is 34.0 Å². The highest BCUT2D eigenvalue weighted by atomic mass is 32.2. The van der Waals surface area contributed by atoms with Gasteiger partial charge in [0.2, 0.25) is 0 Å². The van der Waals surface area contributed by atoms with Gasteiger partial charge in [0, 0.05) is 30.3 Å². The molecule has 10 heteroatoms. The maximum Gasteiger partial charge on any atom is 0.189 e. The highest BCUT2D eigenvalue weighted by Crippen LogP contribution is 2.30. The summed E-state index contributed by atoms with van der Waals surface area (Å²) < 4.78 is 36.4. The Morgan fingerprint density at radius 1 is 1.06 bits per heavy atom. The number of anilines is 1. The number of rotatable bonds is 7. The lowest BCUT2D eigenvalue weighted by Gasteiger charge is -2.10. The van der Waals surface area contributed by atoms with E-state index < -0.39 is 15.1 Å². The molecule has 1 unspecified atom stereocenters. The number of benzene rings is 2. The predicted molar refractivity (Wildman–Crippen MR) is 132 cm³/mol. The first kappa shape index (κ1) is 23.2. The molecular weight excluding hydrogens is 466 g/mol. The summed E-state index contributed by atoms with van der Waals surface area (Å²) in [5.74, 6) is 0.604. The number of hydrogen-bond donors (Lipinski definition) is 2. The van der Waals surface area contributed by atoms with E-state index in [-0.39, 0.29) is 17.3 Å². The lowest BCUT2D eigenvalue weighted by molar-refractivity contribution is 0.198. The van der Waals surface area contributed by atoms with Gasteiger partial charge in [-0.05, 0) is 31.2 Å². The Morgan fingerprint density at radius 3 is 2.46 bits per heavy atom. The number of aromatic nitrogens is 3. The summed E-state index contributed by atoms with van der Waals surface area (Å²) in [6.07, 6.45) is 2.06. The van der Waals surface area contributed by atoms with Gasteiger partial charge in [-0.15, -0.1) is 0 Å². The number of sulfone groups is 1. The molecule has 1 atom stereocenters. The van der Waals surface area contributed by atoms with Crippen molar-refractivity contribution in [2.45, 2.75) is 23.1 Å². The molecule has 0 radical (unpaired) electrons. The minimum absolute atomic E-state index is 0.209. The molecule has 2 aromatic heterocycles. The monoisotopic (exact) mass is 491 g/mol. The van der Waals surface area contributed by atoms with Gasteiger partial charge in [-0.1, -0.05) is 41.6 Å². The fraction of sp³-hybridized carbons (Fsp3) is 0.240. The van der Waals surface area contributed by atoms with Crippen molar-refractivity contribution in [3.63, 3.8) is 0 Å². The second kappa shape index (κ2) is 9.57. The zero-order chi connectivity index (χ0) is 24.4. The quantitative estimate of drug-likeness (QED) is 0.399. The van der Waals surface area contributed by atoms with E-state index in [1.807, 2.05) is 31.3 Å². The molecule has 0 amide bonds. The van der Waals surface area contributed by atoms with Crippen molar-refractivity contribution < 1.29 is 17.7 Å². The Kier molecular flexibility index (Phi) is 6.33. The molecule has 1 saturated heterocycles. The second-order valence-electron chi connectivity index (χ2n) is 8.35. The normalized spacial score (nSPS) is 16.0. The van der Waals surface area contributed by atoms with Crippen LogP contribution in [-0.2, 0) is 21.1 Å². The average molecular weight is 492 g/mol. The first-order valence-electron chi connectivity index (χ1n) is 11.2. The van der Waals surface area contributed by atoms with E-state index >= 15 is 0 Å². The maximum atomic E-state index is 12.8. The van der Waals surface area contributed by atoms with Gasteiger partial charge in [0.25, 0.3) is 0 Å². The van der Waals surface area contributed by atoms with Gasteiger partial charge in [-0.25, -0.2) is 18.4 Å². The second-order valence-corrected chi connectivity index (χ2v) is 10.6. The lowest BCUT2D eigenvalue weighted by Crippen LogP contribution is -2.21. The first-order valence-corrected chi connectivity index (χ1v) is 12.8. The van der Waals surface area contributed by atoms with Crippen LogP contribution in [0.15, 0.2) is 70.2 Å². The Labute approximate surface area is 203 Å². The highest BCUT2D eigenvalue weighted by molar-refractivity contribution is 7.92. The molecule has 1 fully saturated rings. The summed E-state index contributed by atoms with van der Waals surface area (Å²) in [5, 5.41) is 6.78. The Balaban J connectivity index is 1.41. The van der Waals surface area contributed by atoms with Crippen LogP contribution >= 0.6 is 0 Å². The standard InChI is InChI=1S/C25H25N5O4S/c1-27-13-16-2-4-17(5-3-16)21-12-23(34-30-21)24-25(26)28-14-22(29-24)18-6-8-19(9-7-18)35(31,32)20-10-11-33-15-20/h2-9,12,14,20,27H,10-11,13,15H2,1H3,(H2,26,28). The Bertz CT molecular complexity index is 1430. The SMILES string of the molecule is CNCc1ccc(-c2cc(-c3nc(-c4ccc(S(=O)(=O)C5CCOC5)cc4)cnc3N)on2)cc1. The maximum absolute atomic E-state index is 12.8. The fourth-order valence-corrected chi connectivity index (χ4v) is 5.59. The number of nitrogens with zero attached hydrogens (tertiary/aromatic N) is 3. The summed E-state index contributed by atoms with van der Waals surface area (Å²) in [5.41, 5.74) is 10.4. The van der Waals surface area contributed by atoms with Gasteiger partial charge < -0.3 is 20.3 Å². The number of nitrogens with two attached hydrogens (primary N) is 1. The van der Waals surface area contributed by atoms with E-state index in [1.165, 1.54) is 0 Å². The van der Waals surface area contributed by atoms with Gasteiger partial charge in [-0.3, -0.25) is 0 Å². The molecule has 180 valence electrons.